The van der Waals surface area contributed by atoms with Gasteiger partial charge in [0.1, 0.15) is 0 Å². The lowest BCUT2D eigenvalue weighted by atomic mass is 9.78. The molecule has 0 fully saturated rings. The van der Waals surface area contributed by atoms with Gasteiger partial charge in [-0.25, -0.2) is 0 Å². The fraction of sp³-hybridized carbons (Fsp3) is 0.128. The predicted octanol–water partition coefficient (Wildman–Crippen LogP) is 11.0. The lowest BCUT2D eigenvalue weighted by Crippen LogP contribution is -2.06. The summed E-state index contributed by atoms with van der Waals surface area (Å²) >= 11 is 1.81. The van der Waals surface area contributed by atoms with E-state index >= 15 is 0 Å². The maximum Gasteiger partial charge on any atom is 0.0157 e. The number of hydrogen-bond acceptors (Lipinski definition) is 1. The number of allylic oxidation sites excluding steroid dienone is 9. The van der Waals surface area contributed by atoms with Crippen LogP contribution in [0.15, 0.2) is 132 Å². The summed E-state index contributed by atoms with van der Waals surface area (Å²) in [6.07, 6.45) is 23.5. The molecule has 0 spiro atoms. The first-order valence-electron chi connectivity index (χ1n) is 14.3. The molecule has 2 aliphatic carbocycles. The second-order valence-electron chi connectivity index (χ2n) is 10.7. The molecule has 3 aliphatic rings. The van der Waals surface area contributed by atoms with Crippen LogP contribution in [0.5, 0.6) is 0 Å². The fourth-order valence-corrected chi connectivity index (χ4v) is 7.40. The van der Waals surface area contributed by atoms with Gasteiger partial charge in [0.15, 0.2) is 0 Å². The van der Waals surface area contributed by atoms with Gasteiger partial charge >= 0.3 is 0 Å². The minimum absolute atomic E-state index is 0.933. The van der Waals surface area contributed by atoms with Crippen LogP contribution < -0.4 is 0 Å². The van der Waals surface area contributed by atoms with E-state index in [2.05, 4.69) is 128 Å². The Bertz CT molecular complexity index is 1800. The third-order valence-electron chi connectivity index (χ3n) is 8.28. The van der Waals surface area contributed by atoms with Crippen molar-refractivity contribution in [3.05, 3.63) is 155 Å². The van der Waals surface area contributed by atoms with Gasteiger partial charge in [0.25, 0.3) is 0 Å². The number of hydrogen-bond donors (Lipinski definition) is 0. The molecule has 0 bridgehead atoms. The molecule has 0 aromatic heterocycles. The van der Waals surface area contributed by atoms with Crippen molar-refractivity contribution in [1.82, 2.24) is 0 Å². The van der Waals surface area contributed by atoms with Crippen LogP contribution in [0.3, 0.4) is 0 Å². The second-order valence-corrected chi connectivity index (χ2v) is 11.8. The highest BCUT2D eigenvalue weighted by Gasteiger charge is 2.25. The maximum atomic E-state index is 4.65. The minimum atomic E-state index is 0.933. The first-order valence-corrected chi connectivity index (χ1v) is 15.1. The van der Waals surface area contributed by atoms with Gasteiger partial charge in [-0.3, -0.25) is 0 Å². The van der Waals surface area contributed by atoms with E-state index in [1.54, 1.807) is 0 Å². The Hall–Kier alpha value is -4.07. The van der Waals surface area contributed by atoms with Crippen LogP contribution >= 0.6 is 11.8 Å². The van der Waals surface area contributed by atoms with Crippen molar-refractivity contribution in [3.8, 4) is 11.1 Å². The highest BCUT2D eigenvalue weighted by atomic mass is 32.2. The van der Waals surface area contributed by atoms with Gasteiger partial charge in [0.05, 0.1) is 0 Å². The number of fused-ring (bicyclic) bond motifs is 3. The molecule has 7 rings (SSSR count). The molecule has 1 heteroatoms. The molecule has 1 aliphatic heterocycles. The molecular formula is C39H32S. The van der Waals surface area contributed by atoms with Gasteiger partial charge in [-0.15, -0.1) is 0 Å². The quantitative estimate of drug-likeness (QED) is 0.253. The Kier molecular flexibility index (Phi) is 6.75. The average Bonchev–Trinajstić information content (AvgIpc) is 3.09. The Labute approximate surface area is 241 Å². The van der Waals surface area contributed by atoms with E-state index in [-0.39, 0.29) is 0 Å². The standard InChI is InChI=1S/C39H32S/c1-27-30(19-7-5-17-29-18-6-14-26-37(29)40-27)38-33-22-10-12-24-35(33)39(36-25-13-11-23-34(36)38)32-21-9-8-20-31(32)28-15-3-2-4-16-28/h2-3,5-10,12-15,18-22,24-26H,1,4,11,16-17,23H2/b7-5-,30-19+. The van der Waals surface area contributed by atoms with E-state index in [1.165, 1.54) is 65.8 Å². The van der Waals surface area contributed by atoms with Gasteiger partial charge < -0.3 is 0 Å². The Balaban J connectivity index is 1.49. The Morgan fingerprint density at radius 1 is 0.650 bits per heavy atom. The zero-order valence-corrected chi connectivity index (χ0v) is 23.5. The van der Waals surface area contributed by atoms with Crippen molar-refractivity contribution in [2.75, 3.05) is 0 Å². The van der Waals surface area contributed by atoms with E-state index in [4.69, 9.17) is 0 Å². The van der Waals surface area contributed by atoms with Crippen molar-refractivity contribution in [1.29, 1.82) is 0 Å². The van der Waals surface area contributed by atoms with Crippen molar-refractivity contribution in [2.24, 2.45) is 0 Å². The van der Waals surface area contributed by atoms with Gasteiger partial charge in [-0.05, 0) is 99.0 Å². The zero-order chi connectivity index (χ0) is 26.9. The molecule has 40 heavy (non-hydrogen) atoms. The van der Waals surface area contributed by atoms with E-state index in [0.29, 0.717) is 0 Å². The van der Waals surface area contributed by atoms with Gasteiger partial charge in [-0.2, -0.15) is 0 Å². The second kappa shape index (κ2) is 10.8. The molecule has 0 saturated heterocycles. The highest BCUT2D eigenvalue weighted by Crippen LogP contribution is 2.48. The van der Waals surface area contributed by atoms with Crippen LogP contribution in [0.25, 0.3) is 39.1 Å². The van der Waals surface area contributed by atoms with Crippen LogP contribution in [0, 0.1) is 0 Å². The summed E-state index contributed by atoms with van der Waals surface area (Å²) in [5.74, 6) is 0. The highest BCUT2D eigenvalue weighted by molar-refractivity contribution is 8.03. The molecular weight excluding hydrogens is 500 g/mol. The lowest BCUT2D eigenvalue weighted by Gasteiger charge is -2.26. The first kappa shape index (κ1) is 24.9. The molecule has 0 N–H and O–H groups in total. The molecule has 0 radical (unpaired) electrons. The van der Waals surface area contributed by atoms with Crippen LogP contribution in [0.4, 0.5) is 0 Å². The number of benzene rings is 4. The first-order chi connectivity index (χ1) is 19.8. The predicted molar refractivity (Wildman–Crippen MR) is 175 cm³/mol. The summed E-state index contributed by atoms with van der Waals surface area (Å²) in [6.45, 7) is 4.65. The van der Waals surface area contributed by atoms with Crippen molar-refractivity contribution >= 4 is 39.8 Å². The third kappa shape index (κ3) is 4.45. The van der Waals surface area contributed by atoms with Gasteiger partial charge in [0.2, 0.25) is 0 Å². The number of rotatable bonds is 3. The topological polar surface area (TPSA) is 0 Å². The average molecular weight is 533 g/mol. The third-order valence-corrected chi connectivity index (χ3v) is 9.36. The molecule has 0 nitrogen and oxygen atoms in total. The Morgan fingerprint density at radius 2 is 1.38 bits per heavy atom. The molecule has 0 atom stereocenters. The van der Waals surface area contributed by atoms with E-state index in [0.717, 1.165) is 37.0 Å². The lowest BCUT2D eigenvalue weighted by molar-refractivity contribution is 0.985. The Morgan fingerprint density at radius 3 is 2.23 bits per heavy atom. The monoisotopic (exact) mass is 532 g/mol. The smallest absolute Gasteiger partial charge is 0.0157 e. The van der Waals surface area contributed by atoms with Crippen LogP contribution in [0.1, 0.15) is 47.1 Å². The van der Waals surface area contributed by atoms with Crippen molar-refractivity contribution in [2.45, 2.75) is 37.0 Å². The molecule has 1 heterocycles. The van der Waals surface area contributed by atoms with Crippen molar-refractivity contribution < 1.29 is 0 Å². The molecule has 194 valence electrons. The maximum absolute atomic E-state index is 4.65. The largest absolute Gasteiger partial charge is 0.0898 e. The van der Waals surface area contributed by atoms with Crippen LogP contribution in [-0.2, 0) is 12.8 Å². The summed E-state index contributed by atoms with van der Waals surface area (Å²) in [6, 6.07) is 26.8. The molecule has 4 aromatic carbocycles. The molecule has 0 saturated carbocycles. The summed E-state index contributed by atoms with van der Waals surface area (Å²) in [5, 5.41) is 2.62. The van der Waals surface area contributed by atoms with E-state index in [9.17, 15) is 0 Å². The van der Waals surface area contributed by atoms with Crippen molar-refractivity contribution in [3.63, 3.8) is 0 Å². The van der Waals surface area contributed by atoms with E-state index < -0.39 is 0 Å². The zero-order valence-electron chi connectivity index (χ0n) is 22.7. The van der Waals surface area contributed by atoms with Gasteiger partial charge in [0, 0.05) is 9.80 Å². The molecule has 0 unspecified atom stereocenters. The SMILES string of the molecule is C=C1Sc2ccccc2C/C=C\C=C/1c1c2c(c(-c3ccccc3C3=CC=CCC3)c3ccccc13)C=CCC2. The molecule has 0 amide bonds. The normalized spacial score (nSPS) is 18.6. The van der Waals surface area contributed by atoms with Crippen LogP contribution in [-0.4, -0.2) is 0 Å². The molecule has 4 aromatic rings. The summed E-state index contributed by atoms with van der Waals surface area (Å²) in [5.41, 5.74) is 12.2. The number of thioether (sulfide) groups is 1. The van der Waals surface area contributed by atoms with E-state index in [1.807, 2.05) is 11.8 Å². The summed E-state index contributed by atoms with van der Waals surface area (Å²) in [7, 11) is 0. The minimum Gasteiger partial charge on any atom is -0.0898 e. The summed E-state index contributed by atoms with van der Waals surface area (Å²) in [4.78, 5) is 2.40. The summed E-state index contributed by atoms with van der Waals surface area (Å²) < 4.78 is 0. The fourth-order valence-electron chi connectivity index (χ4n) is 6.43. The van der Waals surface area contributed by atoms with Gasteiger partial charge in [-0.1, -0.05) is 134 Å². The van der Waals surface area contributed by atoms with Crippen LogP contribution in [0.2, 0.25) is 0 Å².